The number of hydrogen-bond acceptors (Lipinski definition) is 1. The summed E-state index contributed by atoms with van der Waals surface area (Å²) in [7, 11) is 0. The first-order chi connectivity index (χ1) is 9.38. The normalized spacial score (nSPS) is 18.9. The van der Waals surface area contributed by atoms with Crippen molar-refractivity contribution in [1.82, 2.24) is 0 Å². The Balaban J connectivity index is 1.79. The maximum atomic E-state index is 4.97. The molecule has 19 heavy (non-hydrogen) atoms. The quantitative estimate of drug-likeness (QED) is 0.412. The Morgan fingerprint density at radius 2 is 2.16 bits per heavy atom. The molecule has 2 heteroatoms. The van der Waals surface area contributed by atoms with E-state index in [0.717, 1.165) is 6.42 Å². The first-order valence-corrected chi connectivity index (χ1v) is 9.29. The summed E-state index contributed by atoms with van der Waals surface area (Å²) >= 11 is 0.582. The number of unbranched alkanes of at least 4 members (excludes halogenated alkanes) is 1. The molecule has 0 aliphatic carbocycles. The molecule has 1 aliphatic rings. The van der Waals surface area contributed by atoms with Crippen molar-refractivity contribution in [2.75, 3.05) is 0 Å². The molecule has 2 rings (SSSR count). The molecule has 102 valence electrons. The van der Waals surface area contributed by atoms with Gasteiger partial charge in [0.05, 0.1) is 0 Å². The second-order valence-electron chi connectivity index (χ2n) is 5.05. The van der Waals surface area contributed by atoms with Gasteiger partial charge in [-0.3, -0.25) is 0 Å². The van der Waals surface area contributed by atoms with Crippen LogP contribution in [0.1, 0.15) is 38.5 Å². The summed E-state index contributed by atoms with van der Waals surface area (Å²) in [5, 5.41) is 1.27. The zero-order valence-corrected chi connectivity index (χ0v) is 13.3. The van der Waals surface area contributed by atoms with Crippen molar-refractivity contribution in [3.05, 3.63) is 43.0 Å². The molecule has 0 radical (unpaired) electrons. The predicted molar refractivity (Wildman–Crippen MR) is 85.8 cm³/mol. The van der Waals surface area contributed by atoms with Gasteiger partial charge in [0.1, 0.15) is 0 Å². The fraction of sp³-hybridized carbons (Fsp3) is 0.471. The minimum absolute atomic E-state index is 0.582. The van der Waals surface area contributed by atoms with E-state index in [0.29, 0.717) is 21.0 Å². The number of rotatable bonds is 7. The third-order valence-corrected chi connectivity index (χ3v) is 5.85. The third kappa shape index (κ3) is 5.34. The van der Waals surface area contributed by atoms with E-state index in [1.165, 1.54) is 47.6 Å². The maximum absolute atomic E-state index is 4.97. The van der Waals surface area contributed by atoms with Crippen LogP contribution in [0.15, 0.2) is 48.0 Å². The molecule has 1 aromatic carbocycles. The zero-order chi connectivity index (χ0) is 13.3. The molecular weight excluding hydrogens is 297 g/mol. The van der Waals surface area contributed by atoms with Crippen molar-refractivity contribution in [2.45, 2.75) is 49.9 Å². The van der Waals surface area contributed by atoms with E-state index < -0.39 is 0 Å². The molecule has 0 saturated carbocycles. The van der Waals surface area contributed by atoms with Crippen molar-refractivity contribution >= 4 is 25.1 Å². The van der Waals surface area contributed by atoms with E-state index in [-0.39, 0.29) is 0 Å². The van der Waals surface area contributed by atoms with Crippen LogP contribution in [-0.4, -0.2) is 26.7 Å². The van der Waals surface area contributed by atoms with Gasteiger partial charge in [0.2, 0.25) is 0 Å². The average Bonchev–Trinajstić information content (AvgIpc) is 2.47. The number of benzene rings is 1. The number of nitrogens with zero attached hydrogens (tertiary/aromatic N) is 1. The van der Waals surface area contributed by atoms with Crippen LogP contribution in [0.2, 0.25) is 5.32 Å². The molecule has 1 atom stereocenters. The van der Waals surface area contributed by atoms with Crippen LogP contribution in [0.3, 0.4) is 0 Å². The molecule has 1 unspecified atom stereocenters. The molecule has 1 aromatic rings. The van der Waals surface area contributed by atoms with Gasteiger partial charge in [-0.1, -0.05) is 0 Å². The molecular formula is C17H23NSe. The molecule has 0 bridgehead atoms. The Morgan fingerprint density at radius 1 is 1.32 bits per heavy atom. The summed E-state index contributed by atoms with van der Waals surface area (Å²) in [5.41, 5.74) is 1.46. The van der Waals surface area contributed by atoms with Crippen LogP contribution in [0.4, 0.5) is 0 Å². The van der Waals surface area contributed by atoms with Gasteiger partial charge in [0, 0.05) is 0 Å². The predicted octanol–water partition coefficient (Wildman–Crippen LogP) is 3.78. The van der Waals surface area contributed by atoms with Crippen LogP contribution in [-0.2, 0) is 0 Å². The van der Waals surface area contributed by atoms with Crippen LogP contribution in [0, 0.1) is 0 Å². The Labute approximate surface area is 123 Å². The zero-order valence-electron chi connectivity index (χ0n) is 11.6. The van der Waals surface area contributed by atoms with Gasteiger partial charge in [0.15, 0.2) is 0 Å². The molecule has 1 nitrogen and oxygen atoms in total. The Hall–Kier alpha value is -0.851. The SMILES string of the molecule is C=CCCCC1=NC(C[Se]c2ccccc2)CCC1. The molecule has 0 spiro atoms. The standard InChI is InChI=1S/C17H23NSe/c1-2-3-5-9-15-10-8-11-16(18-15)14-19-17-12-6-4-7-13-17/h2,4,6-7,12-13,16H,1,3,5,8-11,14H2. The van der Waals surface area contributed by atoms with Gasteiger partial charge in [0.25, 0.3) is 0 Å². The number of hydrogen-bond donors (Lipinski definition) is 0. The average molecular weight is 320 g/mol. The summed E-state index contributed by atoms with van der Waals surface area (Å²) in [6.07, 6.45) is 9.39. The van der Waals surface area contributed by atoms with E-state index in [9.17, 15) is 0 Å². The van der Waals surface area contributed by atoms with Gasteiger partial charge in [-0.15, -0.1) is 0 Å². The molecule has 1 heterocycles. The first-order valence-electron chi connectivity index (χ1n) is 7.23. The second kappa shape index (κ2) is 8.35. The molecule has 0 amide bonds. The van der Waals surface area contributed by atoms with E-state index in [4.69, 9.17) is 4.99 Å². The van der Waals surface area contributed by atoms with Crippen molar-refractivity contribution in [3.8, 4) is 0 Å². The second-order valence-corrected chi connectivity index (χ2v) is 7.34. The van der Waals surface area contributed by atoms with Crippen LogP contribution >= 0.6 is 0 Å². The fourth-order valence-corrected chi connectivity index (χ4v) is 4.45. The molecule has 0 N–H and O–H groups in total. The van der Waals surface area contributed by atoms with Crippen molar-refractivity contribution in [3.63, 3.8) is 0 Å². The number of allylic oxidation sites excluding steroid dienone is 1. The summed E-state index contributed by atoms with van der Waals surface area (Å²) < 4.78 is 1.50. The summed E-state index contributed by atoms with van der Waals surface area (Å²) in [6, 6.07) is 11.5. The Bertz CT molecular complexity index is 411. The van der Waals surface area contributed by atoms with E-state index in [2.05, 4.69) is 36.9 Å². The van der Waals surface area contributed by atoms with E-state index in [1.54, 1.807) is 0 Å². The number of aliphatic imine (C=N–C) groups is 1. The molecule has 1 aliphatic heterocycles. The Morgan fingerprint density at radius 3 is 2.95 bits per heavy atom. The summed E-state index contributed by atoms with van der Waals surface area (Å²) in [4.78, 5) is 4.97. The van der Waals surface area contributed by atoms with E-state index >= 15 is 0 Å². The topological polar surface area (TPSA) is 12.4 Å². The first kappa shape index (κ1) is 14.6. The molecule has 0 aromatic heterocycles. The summed E-state index contributed by atoms with van der Waals surface area (Å²) in [5.74, 6) is 0. The van der Waals surface area contributed by atoms with Crippen molar-refractivity contribution < 1.29 is 0 Å². The van der Waals surface area contributed by atoms with Gasteiger partial charge in [-0.2, -0.15) is 0 Å². The fourth-order valence-electron chi connectivity index (χ4n) is 2.40. The minimum atomic E-state index is 0.582. The van der Waals surface area contributed by atoms with Gasteiger partial charge < -0.3 is 0 Å². The van der Waals surface area contributed by atoms with Crippen LogP contribution in [0.5, 0.6) is 0 Å². The van der Waals surface area contributed by atoms with Crippen molar-refractivity contribution in [1.29, 1.82) is 0 Å². The van der Waals surface area contributed by atoms with Gasteiger partial charge >= 0.3 is 123 Å². The van der Waals surface area contributed by atoms with Gasteiger partial charge in [-0.25, -0.2) is 0 Å². The molecule has 0 fully saturated rings. The van der Waals surface area contributed by atoms with E-state index in [1.807, 2.05) is 6.08 Å². The van der Waals surface area contributed by atoms with Crippen LogP contribution < -0.4 is 4.46 Å². The third-order valence-electron chi connectivity index (χ3n) is 3.43. The summed E-state index contributed by atoms with van der Waals surface area (Å²) in [6.45, 7) is 3.78. The molecule has 0 saturated heterocycles. The van der Waals surface area contributed by atoms with Gasteiger partial charge in [-0.05, 0) is 0 Å². The Kier molecular flexibility index (Phi) is 6.39. The van der Waals surface area contributed by atoms with Crippen molar-refractivity contribution in [2.24, 2.45) is 4.99 Å². The van der Waals surface area contributed by atoms with Crippen LogP contribution in [0.25, 0.3) is 0 Å². The monoisotopic (exact) mass is 321 g/mol.